The minimum atomic E-state index is -0.357. The summed E-state index contributed by atoms with van der Waals surface area (Å²) in [6.45, 7) is 11.3. The molecule has 0 saturated carbocycles. The van der Waals surface area contributed by atoms with E-state index in [1.165, 1.54) is 0 Å². The average molecular weight is 464 g/mol. The lowest BCUT2D eigenvalue weighted by molar-refractivity contribution is 0.0743. The highest BCUT2D eigenvalue weighted by Crippen LogP contribution is 2.46. The molecule has 0 fully saturated rings. The third-order valence-electron chi connectivity index (χ3n) is 6.10. The first kappa shape index (κ1) is 23.7. The molecule has 7 nitrogen and oxygen atoms in total. The molecule has 2 heterocycles. The number of phenols is 1. The second kappa shape index (κ2) is 9.41. The second-order valence-electron chi connectivity index (χ2n) is 9.35. The number of rotatable bonds is 8. The van der Waals surface area contributed by atoms with Crippen molar-refractivity contribution in [2.45, 2.75) is 47.1 Å². The third kappa shape index (κ3) is 4.11. The Kier molecular flexibility index (Phi) is 6.55. The van der Waals surface area contributed by atoms with Gasteiger partial charge in [-0.2, -0.15) is 5.10 Å². The van der Waals surface area contributed by atoms with Gasteiger partial charge in [0.2, 0.25) is 0 Å². The Balaban J connectivity index is 1.86. The Bertz CT molecular complexity index is 1190. The molecule has 0 aliphatic carbocycles. The molecule has 1 aliphatic heterocycles. The minimum Gasteiger partial charge on any atom is -0.507 e. The highest BCUT2D eigenvalue weighted by atomic mass is 16.5. The minimum absolute atomic E-state index is 0.0936. The van der Waals surface area contributed by atoms with Crippen LogP contribution in [0.5, 0.6) is 17.2 Å². The molecule has 1 atom stereocenters. The number of hydrogen-bond donors (Lipinski definition) is 2. The predicted molar refractivity (Wildman–Crippen MR) is 132 cm³/mol. The number of nitrogens with one attached hydrogen (secondary N) is 1. The molecule has 34 heavy (non-hydrogen) atoms. The van der Waals surface area contributed by atoms with Crippen molar-refractivity contribution in [2.24, 2.45) is 5.92 Å². The van der Waals surface area contributed by atoms with E-state index < -0.39 is 0 Å². The van der Waals surface area contributed by atoms with Gasteiger partial charge < -0.3 is 19.5 Å². The van der Waals surface area contributed by atoms with Gasteiger partial charge in [0.1, 0.15) is 17.1 Å². The largest absolute Gasteiger partial charge is 0.507 e. The Morgan fingerprint density at radius 3 is 2.59 bits per heavy atom. The fraction of sp³-hybridized carbons (Fsp3) is 0.407. The van der Waals surface area contributed by atoms with Gasteiger partial charge in [-0.15, -0.1) is 0 Å². The molecule has 1 aromatic heterocycles. The fourth-order valence-corrected chi connectivity index (χ4v) is 4.69. The number of aromatic hydroxyl groups is 1. The molecule has 7 heteroatoms. The molecule has 2 aromatic carbocycles. The van der Waals surface area contributed by atoms with Crippen molar-refractivity contribution in [1.82, 2.24) is 15.1 Å². The Morgan fingerprint density at radius 2 is 1.94 bits per heavy atom. The summed E-state index contributed by atoms with van der Waals surface area (Å²) in [7, 11) is 1.62. The van der Waals surface area contributed by atoms with E-state index >= 15 is 0 Å². The summed E-state index contributed by atoms with van der Waals surface area (Å²) < 4.78 is 11.6. The second-order valence-corrected chi connectivity index (χ2v) is 9.35. The van der Waals surface area contributed by atoms with Crippen LogP contribution >= 0.6 is 0 Å². The topological polar surface area (TPSA) is 87.7 Å². The van der Waals surface area contributed by atoms with E-state index in [1.54, 1.807) is 13.2 Å². The number of fused-ring (bicyclic) bond motifs is 1. The summed E-state index contributed by atoms with van der Waals surface area (Å²) in [5.41, 5.74) is 5.26. The van der Waals surface area contributed by atoms with Crippen LogP contribution < -0.4 is 9.47 Å². The molecule has 0 bridgehead atoms. The van der Waals surface area contributed by atoms with Crippen LogP contribution in [0.2, 0.25) is 0 Å². The summed E-state index contributed by atoms with van der Waals surface area (Å²) in [5.74, 6) is 1.74. The SMILES string of the molecule is CCCN1C(=O)c2[nH]nc(-c3c(C)cc(C)cc3O)c2C1c1ccc(OCC(C)C)c(OC)c1. The number of aromatic amines is 1. The fourth-order valence-electron chi connectivity index (χ4n) is 4.69. The van der Waals surface area contributed by atoms with E-state index in [1.807, 2.05) is 43.0 Å². The van der Waals surface area contributed by atoms with Crippen molar-refractivity contribution in [3.63, 3.8) is 0 Å². The van der Waals surface area contributed by atoms with Crippen molar-refractivity contribution in [2.75, 3.05) is 20.3 Å². The molecule has 2 N–H and O–H groups in total. The number of ether oxygens (including phenoxy) is 2. The number of carbonyl (C=O) groups is 1. The molecule has 3 aromatic rings. The number of hydrogen-bond acceptors (Lipinski definition) is 5. The highest BCUT2D eigenvalue weighted by molar-refractivity contribution is 6.00. The molecule has 0 spiro atoms. The number of benzene rings is 2. The van der Waals surface area contributed by atoms with Gasteiger partial charge >= 0.3 is 0 Å². The van der Waals surface area contributed by atoms with Crippen LogP contribution in [0.15, 0.2) is 30.3 Å². The predicted octanol–water partition coefficient (Wildman–Crippen LogP) is 5.40. The van der Waals surface area contributed by atoms with Gasteiger partial charge in [-0.1, -0.05) is 32.9 Å². The first-order valence-electron chi connectivity index (χ1n) is 11.8. The number of carbonyl (C=O) groups excluding carboxylic acids is 1. The van der Waals surface area contributed by atoms with Gasteiger partial charge in [-0.3, -0.25) is 9.89 Å². The van der Waals surface area contributed by atoms with Gasteiger partial charge in [0.25, 0.3) is 5.91 Å². The van der Waals surface area contributed by atoms with Crippen LogP contribution in [0.25, 0.3) is 11.3 Å². The Hall–Kier alpha value is -3.48. The highest BCUT2D eigenvalue weighted by Gasteiger charge is 2.42. The van der Waals surface area contributed by atoms with Crippen molar-refractivity contribution in [3.8, 4) is 28.5 Å². The van der Waals surface area contributed by atoms with Crippen LogP contribution in [-0.2, 0) is 0 Å². The first-order valence-corrected chi connectivity index (χ1v) is 11.8. The van der Waals surface area contributed by atoms with Crippen molar-refractivity contribution >= 4 is 5.91 Å². The number of H-pyrrole nitrogens is 1. The molecular formula is C27H33N3O4. The molecular weight excluding hydrogens is 430 g/mol. The standard InChI is InChI=1S/C27H33N3O4/c1-7-10-30-26(18-8-9-20(21(13-18)33-6)34-14-15(2)3)23-24(28-29-25(23)27(30)32)22-17(5)11-16(4)12-19(22)31/h8-9,11-13,15,26,31H,7,10,14H2,1-6H3,(H,28,29). The van der Waals surface area contributed by atoms with E-state index in [2.05, 4.69) is 31.0 Å². The van der Waals surface area contributed by atoms with Gasteiger partial charge in [0.05, 0.1) is 19.8 Å². The van der Waals surface area contributed by atoms with E-state index in [0.29, 0.717) is 47.5 Å². The van der Waals surface area contributed by atoms with Gasteiger partial charge in [-0.05, 0) is 61.1 Å². The summed E-state index contributed by atoms with van der Waals surface area (Å²) in [6.07, 6.45) is 0.816. The third-order valence-corrected chi connectivity index (χ3v) is 6.10. The van der Waals surface area contributed by atoms with Crippen molar-refractivity contribution < 1.29 is 19.4 Å². The molecule has 1 amide bonds. The maximum absolute atomic E-state index is 13.4. The number of phenolic OH excluding ortho intramolecular Hbond substituents is 1. The smallest absolute Gasteiger partial charge is 0.273 e. The number of methoxy groups -OCH3 is 1. The number of aromatic nitrogens is 2. The maximum Gasteiger partial charge on any atom is 0.273 e. The zero-order valence-electron chi connectivity index (χ0n) is 20.7. The van der Waals surface area contributed by atoms with Crippen LogP contribution in [-0.4, -0.2) is 46.4 Å². The monoisotopic (exact) mass is 463 g/mol. The number of aryl methyl sites for hydroxylation is 2. The lowest BCUT2D eigenvalue weighted by Crippen LogP contribution is -2.30. The average Bonchev–Trinajstić information content (AvgIpc) is 3.31. The Labute approximate surface area is 200 Å². The molecule has 180 valence electrons. The lowest BCUT2D eigenvalue weighted by Gasteiger charge is -2.27. The summed E-state index contributed by atoms with van der Waals surface area (Å²) in [4.78, 5) is 15.2. The zero-order valence-corrected chi connectivity index (χ0v) is 20.7. The quantitative estimate of drug-likeness (QED) is 0.467. The molecule has 1 aliphatic rings. The van der Waals surface area contributed by atoms with Gasteiger partial charge in [-0.25, -0.2) is 0 Å². The summed E-state index contributed by atoms with van der Waals surface area (Å²) in [6, 6.07) is 9.19. The van der Waals surface area contributed by atoms with Crippen molar-refractivity contribution in [3.05, 3.63) is 58.3 Å². The zero-order chi connectivity index (χ0) is 24.6. The number of amides is 1. The van der Waals surface area contributed by atoms with E-state index in [-0.39, 0.29) is 17.7 Å². The van der Waals surface area contributed by atoms with E-state index in [0.717, 1.165) is 28.7 Å². The lowest BCUT2D eigenvalue weighted by atomic mass is 9.93. The van der Waals surface area contributed by atoms with Gasteiger partial charge in [0, 0.05) is 17.7 Å². The molecule has 4 rings (SSSR count). The van der Waals surface area contributed by atoms with Crippen molar-refractivity contribution in [1.29, 1.82) is 0 Å². The first-order chi connectivity index (χ1) is 16.3. The van der Waals surface area contributed by atoms with Crippen LogP contribution in [0.3, 0.4) is 0 Å². The summed E-state index contributed by atoms with van der Waals surface area (Å²) >= 11 is 0. The van der Waals surface area contributed by atoms with Crippen LogP contribution in [0, 0.1) is 19.8 Å². The molecule has 1 unspecified atom stereocenters. The summed E-state index contributed by atoms with van der Waals surface area (Å²) in [5, 5.41) is 18.3. The van der Waals surface area contributed by atoms with Gasteiger partial charge in [0.15, 0.2) is 11.5 Å². The van der Waals surface area contributed by atoms with Crippen LogP contribution in [0.1, 0.15) is 66.0 Å². The van der Waals surface area contributed by atoms with E-state index in [4.69, 9.17) is 9.47 Å². The van der Waals surface area contributed by atoms with Crippen LogP contribution in [0.4, 0.5) is 0 Å². The molecule has 0 radical (unpaired) electrons. The Morgan fingerprint density at radius 1 is 1.18 bits per heavy atom. The maximum atomic E-state index is 13.4. The number of nitrogens with zero attached hydrogens (tertiary/aromatic N) is 2. The molecule has 0 saturated heterocycles. The van der Waals surface area contributed by atoms with E-state index in [9.17, 15) is 9.90 Å². The normalized spacial score (nSPS) is 15.2.